The van der Waals surface area contributed by atoms with Crippen LogP contribution in [0.5, 0.6) is 11.5 Å². The Labute approximate surface area is 178 Å². The van der Waals surface area contributed by atoms with Crippen molar-refractivity contribution in [3.05, 3.63) is 71.0 Å². The number of amides is 1. The Morgan fingerprint density at radius 3 is 2.55 bits per heavy atom. The lowest BCUT2D eigenvalue weighted by Gasteiger charge is -2.26. The molecular weight excluding hydrogens is 398 g/mol. The highest BCUT2D eigenvalue weighted by atomic mass is 16.5. The number of nitrogens with zero attached hydrogens (tertiary/aromatic N) is 2. The molecule has 1 atom stereocenters. The molecule has 0 aliphatic carbocycles. The van der Waals surface area contributed by atoms with E-state index in [1.54, 1.807) is 54.1 Å². The number of carboxylic acids is 1. The molecule has 8 heteroatoms. The molecule has 0 saturated heterocycles. The third-order valence-corrected chi connectivity index (χ3v) is 5.35. The number of ether oxygens (including phenoxy) is 2. The molecule has 1 aliphatic rings. The van der Waals surface area contributed by atoms with Gasteiger partial charge in [0.2, 0.25) is 5.91 Å². The van der Waals surface area contributed by atoms with Crippen LogP contribution in [0.3, 0.4) is 0 Å². The van der Waals surface area contributed by atoms with Gasteiger partial charge in [-0.2, -0.15) is 5.26 Å². The van der Waals surface area contributed by atoms with Crippen LogP contribution in [0.25, 0.3) is 5.69 Å². The van der Waals surface area contributed by atoms with E-state index in [0.29, 0.717) is 28.4 Å². The van der Waals surface area contributed by atoms with Gasteiger partial charge in [0, 0.05) is 24.6 Å². The first kappa shape index (κ1) is 20.0. The van der Waals surface area contributed by atoms with Gasteiger partial charge in [-0.15, -0.1) is 0 Å². The summed E-state index contributed by atoms with van der Waals surface area (Å²) in [5.74, 6) is -0.745. The van der Waals surface area contributed by atoms with Crippen LogP contribution < -0.4 is 14.8 Å². The van der Waals surface area contributed by atoms with Crippen molar-refractivity contribution < 1.29 is 24.2 Å². The Hall–Kier alpha value is -4.25. The molecule has 156 valence electrons. The summed E-state index contributed by atoms with van der Waals surface area (Å²) in [6.07, 6.45) is 1.63. The molecule has 2 aromatic carbocycles. The number of carbonyl (C=O) groups excluding carboxylic acids is 1. The fourth-order valence-corrected chi connectivity index (χ4v) is 3.88. The monoisotopic (exact) mass is 417 g/mol. The number of methoxy groups -OCH3 is 2. The second-order valence-corrected chi connectivity index (χ2v) is 7.05. The first-order valence-electron chi connectivity index (χ1n) is 9.47. The standard InChI is InChI=1S/C23H19N3O5/c1-30-15-7-8-18(19(9-15)31-2)26-12-17(23(28)29)21-22(26)16(10-20(27)25-21)14-5-3-13(11-24)4-6-14/h3-9,12,16H,10H2,1-2H3,(H,25,27)(H,28,29)/t16-/m1/s1. The SMILES string of the molecule is COc1ccc(-n2cc(C(=O)O)c3c2[C@@H](c2ccc(C#N)cc2)CC(=O)N3)c(OC)c1. The van der Waals surface area contributed by atoms with Crippen molar-refractivity contribution in [2.75, 3.05) is 19.5 Å². The van der Waals surface area contributed by atoms with E-state index >= 15 is 0 Å². The predicted molar refractivity (Wildman–Crippen MR) is 112 cm³/mol. The van der Waals surface area contributed by atoms with E-state index in [9.17, 15) is 14.7 Å². The smallest absolute Gasteiger partial charge is 0.339 e. The van der Waals surface area contributed by atoms with Gasteiger partial charge in [-0.25, -0.2) is 4.79 Å². The number of aromatic nitrogens is 1. The molecule has 3 aromatic rings. The fraction of sp³-hybridized carbons (Fsp3) is 0.174. The first-order valence-corrected chi connectivity index (χ1v) is 9.47. The summed E-state index contributed by atoms with van der Waals surface area (Å²) in [6, 6.07) is 14.2. The maximum Gasteiger partial charge on any atom is 0.339 e. The number of rotatable bonds is 5. The number of carboxylic acid groups (broad SMARTS) is 1. The molecule has 2 heterocycles. The zero-order chi connectivity index (χ0) is 22.1. The van der Waals surface area contributed by atoms with Crippen LogP contribution in [0, 0.1) is 11.3 Å². The lowest BCUT2D eigenvalue weighted by molar-refractivity contribution is -0.116. The molecule has 0 unspecified atom stereocenters. The number of carbonyl (C=O) groups is 2. The van der Waals surface area contributed by atoms with Gasteiger partial charge in [0.05, 0.1) is 42.9 Å². The Kier molecular flexibility index (Phi) is 5.09. The molecule has 8 nitrogen and oxygen atoms in total. The largest absolute Gasteiger partial charge is 0.497 e. The third-order valence-electron chi connectivity index (χ3n) is 5.35. The van der Waals surface area contributed by atoms with Crippen molar-refractivity contribution in [1.29, 1.82) is 5.26 Å². The fourth-order valence-electron chi connectivity index (χ4n) is 3.88. The molecular formula is C23H19N3O5. The average Bonchev–Trinajstić information content (AvgIpc) is 3.17. The maximum absolute atomic E-state index is 12.5. The van der Waals surface area contributed by atoms with Crippen LogP contribution in [-0.4, -0.2) is 35.8 Å². The second kappa shape index (κ2) is 7.88. The molecule has 0 saturated carbocycles. The van der Waals surface area contributed by atoms with Gasteiger partial charge in [-0.3, -0.25) is 4.79 Å². The summed E-state index contributed by atoms with van der Waals surface area (Å²) in [7, 11) is 3.07. The van der Waals surface area contributed by atoms with Crippen molar-refractivity contribution in [3.63, 3.8) is 0 Å². The highest BCUT2D eigenvalue weighted by Gasteiger charge is 2.35. The number of aromatic carboxylic acids is 1. The number of nitrogens with one attached hydrogen (secondary N) is 1. The Bertz CT molecular complexity index is 1220. The topological polar surface area (TPSA) is 114 Å². The molecule has 1 aliphatic heterocycles. The van der Waals surface area contributed by atoms with E-state index in [1.807, 2.05) is 0 Å². The van der Waals surface area contributed by atoms with Crippen LogP contribution in [0.4, 0.5) is 5.69 Å². The highest BCUT2D eigenvalue weighted by Crippen LogP contribution is 2.43. The minimum atomic E-state index is -1.15. The highest BCUT2D eigenvalue weighted by molar-refractivity contribution is 6.04. The Balaban J connectivity index is 1.97. The molecule has 2 N–H and O–H groups in total. The Morgan fingerprint density at radius 2 is 1.94 bits per heavy atom. The second-order valence-electron chi connectivity index (χ2n) is 7.05. The summed E-state index contributed by atoms with van der Waals surface area (Å²) >= 11 is 0. The average molecular weight is 417 g/mol. The molecule has 1 aromatic heterocycles. The van der Waals surface area contributed by atoms with Gasteiger partial charge in [-0.05, 0) is 29.8 Å². The number of anilines is 1. The molecule has 0 spiro atoms. The van der Waals surface area contributed by atoms with E-state index in [0.717, 1.165) is 5.56 Å². The van der Waals surface area contributed by atoms with E-state index < -0.39 is 11.9 Å². The Morgan fingerprint density at radius 1 is 1.19 bits per heavy atom. The third kappa shape index (κ3) is 3.46. The first-order chi connectivity index (χ1) is 15.0. The van der Waals surface area contributed by atoms with Gasteiger partial charge >= 0.3 is 5.97 Å². The van der Waals surface area contributed by atoms with E-state index in [4.69, 9.17) is 14.7 Å². The number of hydrogen-bond acceptors (Lipinski definition) is 5. The predicted octanol–water partition coefficient (Wildman–Crippen LogP) is 3.54. The van der Waals surface area contributed by atoms with E-state index in [1.165, 1.54) is 13.3 Å². The number of hydrogen-bond donors (Lipinski definition) is 2. The van der Waals surface area contributed by atoms with Crippen LogP contribution >= 0.6 is 0 Å². The minimum Gasteiger partial charge on any atom is -0.497 e. The van der Waals surface area contributed by atoms with E-state index in [2.05, 4.69) is 11.4 Å². The van der Waals surface area contributed by atoms with Gasteiger partial charge in [0.25, 0.3) is 0 Å². The van der Waals surface area contributed by atoms with Crippen LogP contribution in [-0.2, 0) is 4.79 Å². The van der Waals surface area contributed by atoms with Crippen molar-refractivity contribution in [1.82, 2.24) is 4.57 Å². The van der Waals surface area contributed by atoms with Crippen molar-refractivity contribution >= 4 is 17.6 Å². The number of benzene rings is 2. The molecule has 0 bridgehead atoms. The molecule has 0 radical (unpaired) electrons. The van der Waals surface area contributed by atoms with Crippen LogP contribution in [0.2, 0.25) is 0 Å². The zero-order valence-electron chi connectivity index (χ0n) is 16.9. The molecule has 0 fully saturated rings. The van der Waals surface area contributed by atoms with Gasteiger partial charge in [0.15, 0.2) is 0 Å². The summed E-state index contributed by atoms with van der Waals surface area (Å²) in [5, 5.41) is 21.6. The van der Waals surface area contributed by atoms with Crippen molar-refractivity contribution in [3.8, 4) is 23.3 Å². The van der Waals surface area contributed by atoms with Gasteiger partial charge < -0.3 is 24.5 Å². The van der Waals surface area contributed by atoms with Crippen LogP contribution in [0.1, 0.15) is 39.5 Å². The quantitative estimate of drug-likeness (QED) is 0.656. The maximum atomic E-state index is 12.5. The zero-order valence-corrected chi connectivity index (χ0v) is 16.9. The lowest BCUT2D eigenvalue weighted by Crippen LogP contribution is -2.25. The van der Waals surface area contributed by atoms with Gasteiger partial charge in [-0.1, -0.05) is 12.1 Å². The number of nitriles is 1. The van der Waals surface area contributed by atoms with E-state index in [-0.39, 0.29) is 23.6 Å². The minimum absolute atomic E-state index is 0.0143. The van der Waals surface area contributed by atoms with Gasteiger partial charge in [0.1, 0.15) is 17.1 Å². The van der Waals surface area contributed by atoms with Crippen LogP contribution in [0.15, 0.2) is 48.7 Å². The summed E-state index contributed by atoms with van der Waals surface area (Å²) in [6.45, 7) is 0. The number of fused-ring (bicyclic) bond motifs is 1. The van der Waals surface area contributed by atoms with Crippen molar-refractivity contribution in [2.24, 2.45) is 0 Å². The lowest BCUT2D eigenvalue weighted by atomic mass is 9.87. The molecule has 4 rings (SSSR count). The summed E-state index contributed by atoms with van der Waals surface area (Å²) in [5.41, 5.74) is 2.80. The normalized spacial score (nSPS) is 14.9. The molecule has 31 heavy (non-hydrogen) atoms. The summed E-state index contributed by atoms with van der Waals surface area (Å²) < 4.78 is 12.5. The summed E-state index contributed by atoms with van der Waals surface area (Å²) in [4.78, 5) is 24.4. The van der Waals surface area contributed by atoms with Crippen molar-refractivity contribution in [2.45, 2.75) is 12.3 Å². The molecule has 1 amide bonds.